The minimum atomic E-state index is -0.243. The summed E-state index contributed by atoms with van der Waals surface area (Å²) in [4.78, 5) is 17.2. The molecule has 4 nitrogen and oxygen atoms in total. The van der Waals surface area contributed by atoms with Crippen LogP contribution in [0.15, 0.2) is 60.7 Å². The van der Waals surface area contributed by atoms with E-state index in [0.29, 0.717) is 28.6 Å². The maximum Gasteiger partial charge on any atom is 0.261 e. The minimum absolute atomic E-state index is 0.243. The first-order valence-electron chi connectivity index (χ1n) is 8.25. The lowest BCUT2D eigenvalue weighted by molar-refractivity contribution is 0.102. The topological polar surface area (TPSA) is 51.2 Å². The number of nitrogens with one attached hydrogen (secondary N) is 1. The Hall–Kier alpha value is -2.85. The van der Waals surface area contributed by atoms with Gasteiger partial charge >= 0.3 is 0 Å². The lowest BCUT2D eigenvalue weighted by Gasteiger charge is -2.15. The van der Waals surface area contributed by atoms with Crippen molar-refractivity contribution in [2.24, 2.45) is 0 Å². The number of carbonyl (C=O) groups is 1. The first-order chi connectivity index (χ1) is 12.5. The van der Waals surface area contributed by atoms with Crippen molar-refractivity contribution in [3.8, 4) is 5.75 Å². The van der Waals surface area contributed by atoms with Gasteiger partial charge in [0.2, 0.25) is 0 Å². The number of ether oxygens (including phenoxy) is 1. The highest BCUT2D eigenvalue weighted by atomic mass is 35.5. The maximum atomic E-state index is 12.8. The standard InChI is InChI=1S/C21H19ClN2O2/c1-14-12-19(26-13-16-8-10-17(22)11-9-16)20(15(2)23-14)21(25)24-18-6-4-3-5-7-18/h3-12H,13H2,1-2H3,(H,24,25). The largest absolute Gasteiger partial charge is 0.488 e. The average molecular weight is 367 g/mol. The normalized spacial score (nSPS) is 10.4. The molecule has 0 bridgehead atoms. The van der Waals surface area contributed by atoms with Crippen molar-refractivity contribution in [3.63, 3.8) is 0 Å². The number of halogens is 1. The third-order valence-electron chi connectivity index (χ3n) is 3.86. The summed E-state index contributed by atoms with van der Waals surface area (Å²) in [5.41, 5.74) is 3.56. The van der Waals surface area contributed by atoms with Crippen LogP contribution in [0.25, 0.3) is 0 Å². The molecule has 0 spiro atoms. The number of benzene rings is 2. The molecule has 0 atom stereocenters. The lowest BCUT2D eigenvalue weighted by atomic mass is 10.1. The van der Waals surface area contributed by atoms with Crippen molar-refractivity contribution in [3.05, 3.63) is 88.2 Å². The fourth-order valence-electron chi connectivity index (χ4n) is 2.64. The summed E-state index contributed by atoms with van der Waals surface area (Å²) < 4.78 is 5.94. The van der Waals surface area contributed by atoms with Crippen LogP contribution in [0, 0.1) is 13.8 Å². The first kappa shape index (κ1) is 18.0. The minimum Gasteiger partial charge on any atom is -0.488 e. The number of para-hydroxylation sites is 1. The number of hydrogen-bond donors (Lipinski definition) is 1. The van der Waals surface area contributed by atoms with Gasteiger partial charge < -0.3 is 10.1 Å². The molecule has 1 N–H and O–H groups in total. The molecule has 0 aliphatic heterocycles. The smallest absolute Gasteiger partial charge is 0.261 e. The van der Waals surface area contributed by atoms with E-state index in [2.05, 4.69) is 10.3 Å². The summed E-state index contributed by atoms with van der Waals surface area (Å²) in [7, 11) is 0. The summed E-state index contributed by atoms with van der Waals surface area (Å²) >= 11 is 5.91. The van der Waals surface area contributed by atoms with Gasteiger partial charge in [0.25, 0.3) is 5.91 Å². The SMILES string of the molecule is Cc1cc(OCc2ccc(Cl)cc2)c(C(=O)Nc2ccccc2)c(C)n1. The molecule has 0 unspecified atom stereocenters. The zero-order valence-corrected chi connectivity index (χ0v) is 15.4. The summed E-state index contributed by atoms with van der Waals surface area (Å²) in [5, 5.41) is 3.56. The van der Waals surface area contributed by atoms with E-state index >= 15 is 0 Å². The molecule has 2 aromatic carbocycles. The molecule has 0 aliphatic rings. The van der Waals surface area contributed by atoms with Gasteiger partial charge in [-0.15, -0.1) is 0 Å². The first-order valence-corrected chi connectivity index (χ1v) is 8.62. The van der Waals surface area contributed by atoms with Crippen molar-refractivity contribution in [2.75, 3.05) is 5.32 Å². The van der Waals surface area contributed by atoms with Crippen LogP contribution in [0.1, 0.15) is 27.3 Å². The molecule has 0 saturated carbocycles. The van der Waals surface area contributed by atoms with Gasteiger partial charge in [0.15, 0.2) is 0 Å². The molecule has 132 valence electrons. The van der Waals surface area contributed by atoms with Crippen LogP contribution >= 0.6 is 11.6 Å². The fourth-order valence-corrected chi connectivity index (χ4v) is 2.77. The van der Waals surface area contributed by atoms with Crippen LogP contribution in [-0.2, 0) is 6.61 Å². The number of pyridine rings is 1. The number of hydrogen-bond acceptors (Lipinski definition) is 3. The maximum absolute atomic E-state index is 12.8. The van der Waals surface area contributed by atoms with E-state index < -0.39 is 0 Å². The zero-order valence-electron chi connectivity index (χ0n) is 14.6. The lowest BCUT2D eigenvalue weighted by Crippen LogP contribution is -2.16. The zero-order chi connectivity index (χ0) is 18.5. The quantitative estimate of drug-likeness (QED) is 0.676. The second-order valence-corrected chi connectivity index (χ2v) is 6.39. The Balaban J connectivity index is 1.84. The van der Waals surface area contributed by atoms with E-state index in [1.165, 1.54) is 0 Å². The highest BCUT2D eigenvalue weighted by molar-refractivity contribution is 6.30. The van der Waals surface area contributed by atoms with Crippen molar-refractivity contribution in [1.82, 2.24) is 4.98 Å². The van der Waals surface area contributed by atoms with Crippen LogP contribution in [0.2, 0.25) is 5.02 Å². The van der Waals surface area contributed by atoms with Gasteiger partial charge in [0.05, 0.1) is 5.69 Å². The van der Waals surface area contributed by atoms with Gasteiger partial charge in [-0.1, -0.05) is 41.9 Å². The third kappa shape index (κ3) is 4.41. The molecule has 26 heavy (non-hydrogen) atoms. The predicted octanol–water partition coefficient (Wildman–Crippen LogP) is 5.18. The number of anilines is 1. The van der Waals surface area contributed by atoms with E-state index in [1.807, 2.05) is 68.4 Å². The van der Waals surface area contributed by atoms with E-state index in [0.717, 1.165) is 16.9 Å². The number of rotatable bonds is 5. The van der Waals surface area contributed by atoms with Crippen molar-refractivity contribution < 1.29 is 9.53 Å². The Morgan fingerprint density at radius 3 is 2.46 bits per heavy atom. The molecule has 1 heterocycles. The third-order valence-corrected chi connectivity index (χ3v) is 4.11. The van der Waals surface area contributed by atoms with Gasteiger partial charge in [0.1, 0.15) is 17.9 Å². The number of amides is 1. The fraction of sp³-hybridized carbons (Fsp3) is 0.143. The highest BCUT2D eigenvalue weighted by Gasteiger charge is 2.18. The summed E-state index contributed by atoms with van der Waals surface area (Å²) in [6.45, 7) is 4.02. The molecular formula is C21H19ClN2O2. The van der Waals surface area contributed by atoms with Crippen molar-refractivity contribution >= 4 is 23.2 Å². The molecule has 1 amide bonds. The molecule has 5 heteroatoms. The number of nitrogens with zero attached hydrogens (tertiary/aromatic N) is 1. The summed E-state index contributed by atoms with van der Waals surface area (Å²) in [5.74, 6) is 0.269. The Morgan fingerprint density at radius 1 is 1.08 bits per heavy atom. The number of aryl methyl sites for hydroxylation is 2. The molecule has 0 saturated heterocycles. The molecule has 0 radical (unpaired) electrons. The van der Waals surface area contributed by atoms with Crippen molar-refractivity contribution in [2.45, 2.75) is 20.5 Å². The van der Waals surface area contributed by atoms with E-state index in [9.17, 15) is 4.79 Å². The van der Waals surface area contributed by atoms with Gasteiger partial charge in [-0.2, -0.15) is 0 Å². The molecule has 0 fully saturated rings. The van der Waals surface area contributed by atoms with Gasteiger partial charge in [0, 0.05) is 22.5 Å². The van der Waals surface area contributed by atoms with E-state index in [1.54, 1.807) is 6.07 Å². The molecular weight excluding hydrogens is 348 g/mol. The van der Waals surface area contributed by atoms with Crippen LogP contribution in [0.4, 0.5) is 5.69 Å². The molecule has 0 aliphatic carbocycles. The van der Waals surface area contributed by atoms with Gasteiger partial charge in [-0.25, -0.2) is 0 Å². The Morgan fingerprint density at radius 2 is 1.77 bits per heavy atom. The second kappa shape index (κ2) is 8.02. The van der Waals surface area contributed by atoms with Gasteiger partial charge in [-0.3, -0.25) is 9.78 Å². The van der Waals surface area contributed by atoms with E-state index in [4.69, 9.17) is 16.3 Å². The van der Waals surface area contributed by atoms with Crippen LogP contribution in [-0.4, -0.2) is 10.9 Å². The number of carbonyl (C=O) groups excluding carboxylic acids is 1. The van der Waals surface area contributed by atoms with Crippen molar-refractivity contribution in [1.29, 1.82) is 0 Å². The van der Waals surface area contributed by atoms with Crippen LogP contribution < -0.4 is 10.1 Å². The highest BCUT2D eigenvalue weighted by Crippen LogP contribution is 2.25. The second-order valence-electron chi connectivity index (χ2n) is 5.96. The predicted molar refractivity (Wildman–Crippen MR) is 104 cm³/mol. The summed E-state index contributed by atoms with van der Waals surface area (Å²) in [6.07, 6.45) is 0. The molecule has 3 aromatic rings. The Kier molecular flexibility index (Phi) is 5.54. The van der Waals surface area contributed by atoms with Gasteiger partial charge in [-0.05, 0) is 43.7 Å². The molecule has 1 aromatic heterocycles. The number of aromatic nitrogens is 1. The Labute approximate surface area is 157 Å². The van der Waals surface area contributed by atoms with E-state index in [-0.39, 0.29) is 5.91 Å². The monoisotopic (exact) mass is 366 g/mol. The van der Waals surface area contributed by atoms with Crippen LogP contribution in [0.5, 0.6) is 5.75 Å². The van der Waals surface area contributed by atoms with Crippen LogP contribution in [0.3, 0.4) is 0 Å². The summed E-state index contributed by atoms with van der Waals surface area (Å²) in [6, 6.07) is 18.5. The Bertz CT molecular complexity index is 909. The molecule has 3 rings (SSSR count). The average Bonchev–Trinajstić information content (AvgIpc) is 2.61.